The molecule has 0 radical (unpaired) electrons. The fourth-order valence-electron chi connectivity index (χ4n) is 3.60. The van der Waals surface area contributed by atoms with Crippen LogP contribution >= 0.6 is 0 Å². The molecular weight excluding hydrogens is 290 g/mol. The van der Waals surface area contributed by atoms with Crippen molar-refractivity contribution in [1.29, 1.82) is 0 Å². The molecule has 0 bridgehead atoms. The summed E-state index contributed by atoms with van der Waals surface area (Å²) < 4.78 is 5.82. The van der Waals surface area contributed by atoms with E-state index in [-0.39, 0.29) is 0 Å². The third-order valence-corrected chi connectivity index (χ3v) is 5.02. The van der Waals surface area contributed by atoms with Crippen molar-refractivity contribution >= 4 is 6.01 Å². The molecule has 2 aliphatic rings. The van der Waals surface area contributed by atoms with Crippen LogP contribution in [0.4, 0.5) is 6.01 Å². The zero-order valence-corrected chi connectivity index (χ0v) is 13.6. The molecule has 122 valence electrons. The van der Waals surface area contributed by atoms with E-state index in [0.717, 1.165) is 18.7 Å². The summed E-state index contributed by atoms with van der Waals surface area (Å²) >= 11 is 0. The highest BCUT2D eigenvalue weighted by Gasteiger charge is 2.37. The minimum absolute atomic E-state index is 0.640. The van der Waals surface area contributed by atoms with E-state index in [9.17, 15) is 0 Å². The number of pyridine rings is 1. The first-order valence-corrected chi connectivity index (χ1v) is 8.51. The molecule has 6 nitrogen and oxygen atoms in total. The molecule has 0 saturated carbocycles. The van der Waals surface area contributed by atoms with Crippen LogP contribution in [0.3, 0.4) is 0 Å². The van der Waals surface area contributed by atoms with Gasteiger partial charge in [0.05, 0.1) is 6.42 Å². The molecule has 0 spiro atoms. The van der Waals surface area contributed by atoms with Gasteiger partial charge in [0.25, 0.3) is 0 Å². The fraction of sp³-hybridized carbons (Fsp3) is 0.588. The first-order chi connectivity index (χ1) is 11.3. The number of anilines is 1. The monoisotopic (exact) mass is 313 g/mol. The summed E-state index contributed by atoms with van der Waals surface area (Å²) in [6.45, 7) is 5.58. The zero-order valence-electron chi connectivity index (χ0n) is 13.6. The van der Waals surface area contributed by atoms with Gasteiger partial charge >= 0.3 is 6.01 Å². The number of hydrogen-bond acceptors (Lipinski definition) is 6. The molecule has 2 aromatic rings. The fourth-order valence-corrected chi connectivity index (χ4v) is 3.60. The van der Waals surface area contributed by atoms with Crippen LogP contribution in [0.5, 0.6) is 0 Å². The maximum atomic E-state index is 5.82. The Morgan fingerprint density at radius 1 is 1.17 bits per heavy atom. The van der Waals surface area contributed by atoms with E-state index in [1.54, 1.807) is 12.4 Å². The summed E-state index contributed by atoms with van der Waals surface area (Å²) in [6, 6.07) is 5.96. The summed E-state index contributed by atoms with van der Waals surface area (Å²) in [4.78, 5) is 8.86. The van der Waals surface area contributed by atoms with Gasteiger partial charge in [0, 0.05) is 37.6 Å². The van der Waals surface area contributed by atoms with E-state index in [1.807, 2.05) is 12.1 Å². The molecule has 0 aliphatic carbocycles. The first-order valence-electron chi connectivity index (χ1n) is 8.51. The molecule has 2 fully saturated rings. The lowest BCUT2D eigenvalue weighted by atomic mass is 9.98. The minimum Gasteiger partial charge on any atom is -0.408 e. The van der Waals surface area contributed by atoms with Crippen molar-refractivity contribution < 1.29 is 4.42 Å². The van der Waals surface area contributed by atoms with Crippen LogP contribution < -0.4 is 4.90 Å². The van der Waals surface area contributed by atoms with Gasteiger partial charge < -0.3 is 9.32 Å². The van der Waals surface area contributed by atoms with Crippen molar-refractivity contribution in [2.75, 3.05) is 24.5 Å². The van der Waals surface area contributed by atoms with E-state index in [1.165, 1.54) is 25.8 Å². The van der Waals surface area contributed by atoms with Gasteiger partial charge in [-0.25, -0.2) is 0 Å². The van der Waals surface area contributed by atoms with Crippen molar-refractivity contribution in [3.63, 3.8) is 0 Å². The lowest BCUT2D eigenvalue weighted by molar-refractivity contribution is 0.0853. The second kappa shape index (κ2) is 6.28. The Kier molecular flexibility index (Phi) is 3.99. The smallest absolute Gasteiger partial charge is 0.318 e. The second-order valence-electron chi connectivity index (χ2n) is 6.65. The predicted octanol–water partition coefficient (Wildman–Crippen LogP) is 2.12. The zero-order chi connectivity index (χ0) is 15.6. The van der Waals surface area contributed by atoms with E-state index >= 15 is 0 Å². The van der Waals surface area contributed by atoms with Gasteiger partial charge in [-0.1, -0.05) is 11.5 Å². The normalized spacial score (nSPS) is 23.0. The van der Waals surface area contributed by atoms with Crippen molar-refractivity contribution in [2.45, 2.75) is 44.7 Å². The summed E-state index contributed by atoms with van der Waals surface area (Å²) in [5.41, 5.74) is 1.14. The lowest BCUT2D eigenvalue weighted by Gasteiger charge is -2.48. The van der Waals surface area contributed by atoms with E-state index in [2.05, 4.69) is 31.9 Å². The molecule has 2 saturated heterocycles. The van der Waals surface area contributed by atoms with Crippen molar-refractivity contribution in [3.8, 4) is 0 Å². The summed E-state index contributed by atoms with van der Waals surface area (Å²) in [5.74, 6) is 0.668. The van der Waals surface area contributed by atoms with Gasteiger partial charge in [-0.15, -0.1) is 5.10 Å². The van der Waals surface area contributed by atoms with Gasteiger partial charge in [0.1, 0.15) is 0 Å². The highest BCUT2D eigenvalue weighted by molar-refractivity contribution is 5.31. The molecule has 2 aromatic heterocycles. The van der Waals surface area contributed by atoms with Crippen LogP contribution in [0.1, 0.15) is 37.6 Å². The quantitative estimate of drug-likeness (QED) is 0.862. The third kappa shape index (κ3) is 3.08. The van der Waals surface area contributed by atoms with Crippen LogP contribution in [0, 0.1) is 0 Å². The molecule has 0 N–H and O–H groups in total. The average Bonchev–Trinajstić information content (AvgIpc) is 2.97. The molecule has 23 heavy (non-hydrogen) atoms. The maximum absolute atomic E-state index is 5.82. The Morgan fingerprint density at radius 3 is 2.78 bits per heavy atom. The molecule has 1 unspecified atom stereocenters. The number of piperidine rings is 1. The number of rotatable bonds is 4. The molecule has 4 rings (SSSR count). The van der Waals surface area contributed by atoms with E-state index in [4.69, 9.17) is 4.42 Å². The minimum atomic E-state index is 0.640. The second-order valence-corrected chi connectivity index (χ2v) is 6.65. The maximum Gasteiger partial charge on any atom is 0.318 e. The molecule has 0 amide bonds. The number of likely N-dealkylation sites (tertiary alicyclic amines) is 1. The Labute approximate surface area is 136 Å². The molecule has 1 atom stereocenters. The molecular formula is C17H23N5O. The number of hydrogen-bond donors (Lipinski definition) is 0. The van der Waals surface area contributed by atoms with Crippen LogP contribution in [-0.2, 0) is 6.42 Å². The first kappa shape index (κ1) is 14.6. The Hall–Kier alpha value is -1.95. The number of aromatic nitrogens is 3. The topological polar surface area (TPSA) is 58.3 Å². The molecule has 4 heterocycles. The lowest BCUT2D eigenvalue weighted by Crippen LogP contribution is -2.62. The van der Waals surface area contributed by atoms with Crippen molar-refractivity contribution in [1.82, 2.24) is 20.1 Å². The standard InChI is InChI=1S/C17H23N5O/c1-13-4-2-3-9-22(13)15-11-21(12-15)17-20-19-16(23-17)10-14-5-7-18-8-6-14/h5-8,13,15H,2-4,9-12H2,1H3. The van der Waals surface area contributed by atoms with E-state index < -0.39 is 0 Å². The summed E-state index contributed by atoms with van der Waals surface area (Å²) in [5, 5.41) is 8.38. The Morgan fingerprint density at radius 2 is 2.00 bits per heavy atom. The van der Waals surface area contributed by atoms with Gasteiger partial charge in [0.2, 0.25) is 5.89 Å². The molecule has 2 aliphatic heterocycles. The average molecular weight is 313 g/mol. The Bertz CT molecular complexity index is 637. The third-order valence-electron chi connectivity index (χ3n) is 5.02. The van der Waals surface area contributed by atoms with Gasteiger partial charge in [-0.3, -0.25) is 9.88 Å². The SMILES string of the molecule is CC1CCCCN1C1CN(c2nnc(Cc3ccncc3)o2)C1. The Balaban J connectivity index is 1.34. The van der Waals surface area contributed by atoms with Gasteiger partial charge in [-0.2, -0.15) is 0 Å². The predicted molar refractivity (Wildman–Crippen MR) is 87.4 cm³/mol. The highest BCUT2D eigenvalue weighted by Crippen LogP contribution is 2.27. The van der Waals surface area contributed by atoms with Crippen molar-refractivity contribution in [2.24, 2.45) is 0 Å². The van der Waals surface area contributed by atoms with Crippen LogP contribution in [-0.4, -0.2) is 51.8 Å². The van der Waals surface area contributed by atoms with Gasteiger partial charge in [0.15, 0.2) is 0 Å². The van der Waals surface area contributed by atoms with Crippen molar-refractivity contribution in [3.05, 3.63) is 36.0 Å². The van der Waals surface area contributed by atoms with E-state index in [0.29, 0.717) is 30.4 Å². The van der Waals surface area contributed by atoms with Crippen LogP contribution in [0.25, 0.3) is 0 Å². The van der Waals surface area contributed by atoms with Crippen LogP contribution in [0.2, 0.25) is 0 Å². The van der Waals surface area contributed by atoms with Crippen LogP contribution in [0.15, 0.2) is 28.9 Å². The van der Waals surface area contributed by atoms with Gasteiger partial charge in [-0.05, 0) is 44.0 Å². The number of nitrogens with zero attached hydrogens (tertiary/aromatic N) is 5. The summed E-state index contributed by atoms with van der Waals surface area (Å²) in [6.07, 6.45) is 8.26. The molecule has 6 heteroatoms. The molecule has 0 aromatic carbocycles. The largest absolute Gasteiger partial charge is 0.408 e. The summed E-state index contributed by atoms with van der Waals surface area (Å²) in [7, 11) is 0. The highest BCUT2D eigenvalue weighted by atomic mass is 16.4.